The van der Waals surface area contributed by atoms with Gasteiger partial charge >= 0.3 is 6.09 Å². The number of β-amino-alcohol motifs (C(OH)–C–C–N with tert-alkyl or cyclic N) is 1. The second-order valence-corrected chi connectivity index (χ2v) is 8.09. The Morgan fingerprint density at radius 3 is 2.42 bits per heavy atom. The maximum atomic E-state index is 13.0. The van der Waals surface area contributed by atoms with Crippen LogP contribution in [0.1, 0.15) is 32.8 Å². The Morgan fingerprint density at radius 1 is 1.33 bits per heavy atom. The minimum absolute atomic E-state index is 0.0572. The normalized spacial score (nSPS) is 24.0. The number of hydrogen-bond acceptors (Lipinski definition) is 3. The van der Waals surface area contributed by atoms with E-state index < -0.39 is 23.2 Å². The highest BCUT2D eigenvalue weighted by Gasteiger charge is 2.59. The van der Waals surface area contributed by atoms with Gasteiger partial charge in [0.05, 0.1) is 12.6 Å². The largest absolute Gasteiger partial charge is 0.465 e. The molecule has 2 amide bonds. The first-order valence-corrected chi connectivity index (χ1v) is 8.58. The predicted octanol–water partition coefficient (Wildman–Crippen LogP) is 2.59. The van der Waals surface area contributed by atoms with E-state index in [0.29, 0.717) is 6.54 Å². The third-order valence-corrected chi connectivity index (χ3v) is 5.13. The number of carbonyl (C=O) groups excluding carboxylic acids is 1. The summed E-state index contributed by atoms with van der Waals surface area (Å²) in [4.78, 5) is 25.7. The van der Waals surface area contributed by atoms with Crippen molar-refractivity contribution in [3.8, 4) is 0 Å². The van der Waals surface area contributed by atoms with E-state index in [1.165, 1.54) is 0 Å². The molecule has 1 aliphatic rings. The molecule has 0 aliphatic carbocycles. The maximum Gasteiger partial charge on any atom is 0.408 e. The fourth-order valence-corrected chi connectivity index (χ4v) is 3.59. The Morgan fingerprint density at radius 2 is 1.92 bits per heavy atom. The molecule has 0 radical (unpaired) electrons. The van der Waals surface area contributed by atoms with Gasteiger partial charge < -0.3 is 15.5 Å². The molecule has 1 aromatic rings. The molecule has 132 valence electrons. The molecule has 6 nitrogen and oxygen atoms in total. The van der Waals surface area contributed by atoms with Crippen LogP contribution in [0.15, 0.2) is 28.7 Å². The highest BCUT2D eigenvalue weighted by Crippen LogP contribution is 2.44. The van der Waals surface area contributed by atoms with Crippen LogP contribution in [0.5, 0.6) is 0 Å². The maximum absolute atomic E-state index is 13.0. The lowest BCUT2D eigenvalue weighted by atomic mass is 9.70. The van der Waals surface area contributed by atoms with Crippen molar-refractivity contribution in [3.63, 3.8) is 0 Å². The second-order valence-electron chi connectivity index (χ2n) is 7.17. The number of likely N-dealkylation sites (tertiary alicyclic amines) is 1. The van der Waals surface area contributed by atoms with Crippen LogP contribution in [-0.4, -0.2) is 45.3 Å². The van der Waals surface area contributed by atoms with Crippen molar-refractivity contribution >= 4 is 27.9 Å². The number of nitrogens with one attached hydrogen (secondary N) is 1. The molecule has 0 spiro atoms. The van der Waals surface area contributed by atoms with Crippen LogP contribution in [0.4, 0.5) is 4.79 Å². The summed E-state index contributed by atoms with van der Waals surface area (Å²) in [5.74, 6) is -0.378. The Kier molecular flexibility index (Phi) is 5.25. The third-order valence-electron chi connectivity index (χ3n) is 4.60. The van der Waals surface area contributed by atoms with Gasteiger partial charge in [-0.15, -0.1) is 0 Å². The molecule has 1 saturated heterocycles. The first-order chi connectivity index (χ1) is 11.1. The molecule has 1 aromatic carbocycles. The summed E-state index contributed by atoms with van der Waals surface area (Å²) in [5.41, 5.74) is -1.05. The van der Waals surface area contributed by atoms with Crippen molar-refractivity contribution in [2.24, 2.45) is 5.41 Å². The first-order valence-electron chi connectivity index (χ1n) is 7.79. The summed E-state index contributed by atoms with van der Waals surface area (Å²) in [5, 5.41) is 22.4. The zero-order valence-electron chi connectivity index (χ0n) is 14.0. The van der Waals surface area contributed by atoms with Crippen LogP contribution in [-0.2, 0) is 11.3 Å². The summed E-state index contributed by atoms with van der Waals surface area (Å²) in [7, 11) is 0. The van der Waals surface area contributed by atoms with Gasteiger partial charge in [0.1, 0.15) is 5.54 Å². The fraction of sp³-hybridized carbons (Fsp3) is 0.529. The van der Waals surface area contributed by atoms with E-state index in [2.05, 4.69) is 21.2 Å². The minimum Gasteiger partial charge on any atom is -0.465 e. The Bertz CT molecular complexity index is 626. The molecule has 1 aliphatic heterocycles. The van der Waals surface area contributed by atoms with Crippen LogP contribution in [0, 0.1) is 5.41 Å². The van der Waals surface area contributed by atoms with E-state index in [0.717, 1.165) is 14.9 Å². The van der Waals surface area contributed by atoms with Gasteiger partial charge in [-0.1, -0.05) is 48.8 Å². The SMILES string of the molecule is CC(C)(C)[C@]1(C(=O)NCc2ccc(Br)cc2)C[C@@H](O)CN1C(=O)O. The summed E-state index contributed by atoms with van der Waals surface area (Å²) in [6, 6.07) is 7.52. The lowest BCUT2D eigenvalue weighted by Crippen LogP contribution is -2.63. The molecule has 1 heterocycles. The number of aliphatic hydroxyl groups excluding tert-OH is 1. The topological polar surface area (TPSA) is 89.9 Å². The van der Waals surface area contributed by atoms with E-state index in [1.807, 2.05) is 45.0 Å². The van der Waals surface area contributed by atoms with Gasteiger partial charge in [0, 0.05) is 17.4 Å². The van der Waals surface area contributed by atoms with E-state index >= 15 is 0 Å². The number of rotatable bonds is 3. The molecular formula is C17H23BrN2O4. The number of hydrogen-bond donors (Lipinski definition) is 3. The number of halogens is 1. The van der Waals surface area contributed by atoms with Crippen molar-refractivity contribution in [3.05, 3.63) is 34.3 Å². The van der Waals surface area contributed by atoms with Gasteiger partial charge in [-0.25, -0.2) is 4.79 Å². The molecule has 24 heavy (non-hydrogen) atoms. The third kappa shape index (κ3) is 3.42. The fourth-order valence-electron chi connectivity index (χ4n) is 3.32. The van der Waals surface area contributed by atoms with Gasteiger partial charge in [-0.2, -0.15) is 0 Å². The molecule has 3 N–H and O–H groups in total. The molecule has 1 fully saturated rings. The van der Waals surface area contributed by atoms with Gasteiger partial charge in [-0.05, 0) is 23.1 Å². The van der Waals surface area contributed by atoms with Crippen LogP contribution in [0.3, 0.4) is 0 Å². The van der Waals surface area contributed by atoms with Crippen LogP contribution < -0.4 is 5.32 Å². The van der Waals surface area contributed by atoms with Crippen molar-refractivity contribution in [1.29, 1.82) is 0 Å². The van der Waals surface area contributed by atoms with Gasteiger partial charge in [-0.3, -0.25) is 9.69 Å². The van der Waals surface area contributed by atoms with Crippen LogP contribution in [0.2, 0.25) is 0 Å². The monoisotopic (exact) mass is 398 g/mol. The second kappa shape index (κ2) is 6.72. The smallest absolute Gasteiger partial charge is 0.408 e. The summed E-state index contributed by atoms with van der Waals surface area (Å²) < 4.78 is 0.944. The predicted molar refractivity (Wildman–Crippen MR) is 93.5 cm³/mol. The molecule has 0 bridgehead atoms. The lowest BCUT2D eigenvalue weighted by molar-refractivity contribution is -0.137. The van der Waals surface area contributed by atoms with Crippen LogP contribution >= 0.6 is 15.9 Å². The standard InChI is InChI=1S/C17H23BrN2O4/c1-16(2,3)17(8-13(21)10-20(17)15(23)24)14(22)19-9-11-4-6-12(18)7-5-11/h4-7,13,21H,8-10H2,1-3H3,(H,19,22)(H,23,24)/t13-,17-/m1/s1. The first kappa shape index (κ1) is 18.7. The molecule has 7 heteroatoms. The molecule has 2 atom stereocenters. The van der Waals surface area contributed by atoms with E-state index in [1.54, 1.807) is 0 Å². The number of carbonyl (C=O) groups is 2. The van der Waals surface area contributed by atoms with Crippen molar-refractivity contribution in [1.82, 2.24) is 10.2 Å². The molecular weight excluding hydrogens is 376 g/mol. The average molecular weight is 399 g/mol. The van der Waals surface area contributed by atoms with E-state index in [-0.39, 0.29) is 18.9 Å². The number of nitrogens with zero attached hydrogens (tertiary/aromatic N) is 1. The van der Waals surface area contributed by atoms with E-state index in [9.17, 15) is 19.8 Å². The lowest BCUT2D eigenvalue weighted by Gasteiger charge is -2.45. The summed E-state index contributed by atoms with van der Waals surface area (Å²) in [6.45, 7) is 5.70. The van der Waals surface area contributed by atoms with Gasteiger partial charge in [0.25, 0.3) is 0 Å². The number of amides is 2. The van der Waals surface area contributed by atoms with Crippen molar-refractivity contribution in [2.75, 3.05) is 6.54 Å². The number of benzene rings is 1. The highest BCUT2D eigenvalue weighted by atomic mass is 79.9. The Hall–Kier alpha value is -1.60. The average Bonchev–Trinajstić information content (AvgIpc) is 2.85. The molecule has 0 unspecified atom stereocenters. The van der Waals surface area contributed by atoms with Crippen LogP contribution in [0.25, 0.3) is 0 Å². The highest BCUT2D eigenvalue weighted by molar-refractivity contribution is 9.10. The molecule has 2 rings (SSSR count). The number of aliphatic hydroxyl groups is 1. The minimum atomic E-state index is -1.30. The molecule has 0 saturated carbocycles. The zero-order chi connectivity index (χ0) is 18.1. The van der Waals surface area contributed by atoms with Gasteiger partial charge in [0.2, 0.25) is 5.91 Å². The molecule has 0 aromatic heterocycles. The summed E-state index contributed by atoms with van der Waals surface area (Å²) >= 11 is 3.36. The van der Waals surface area contributed by atoms with Crippen molar-refractivity contribution in [2.45, 2.75) is 45.4 Å². The zero-order valence-corrected chi connectivity index (χ0v) is 15.6. The quantitative estimate of drug-likeness (QED) is 0.729. The Labute approximate surface area is 150 Å². The number of carboxylic acid groups (broad SMARTS) is 1. The van der Waals surface area contributed by atoms with Gasteiger partial charge in [0.15, 0.2) is 0 Å². The van der Waals surface area contributed by atoms with Crippen molar-refractivity contribution < 1.29 is 19.8 Å². The summed E-state index contributed by atoms with van der Waals surface area (Å²) in [6.07, 6.45) is -1.95. The van der Waals surface area contributed by atoms with E-state index in [4.69, 9.17) is 0 Å². The Balaban J connectivity index is 2.26.